The second kappa shape index (κ2) is 5.59. The Morgan fingerprint density at radius 1 is 1.29 bits per heavy atom. The highest BCUT2D eigenvalue weighted by Crippen LogP contribution is 2.37. The zero-order valence-corrected chi connectivity index (χ0v) is 12.0. The molecule has 2 unspecified atom stereocenters. The summed E-state index contributed by atoms with van der Waals surface area (Å²) in [4.78, 5) is 0. The van der Waals surface area contributed by atoms with Crippen LogP contribution >= 0.6 is 35.0 Å². The highest BCUT2D eigenvalue weighted by atomic mass is 35.5. The number of benzene rings is 1. The maximum Gasteiger partial charge on any atom is 0.0723 e. The van der Waals surface area contributed by atoms with Crippen molar-refractivity contribution in [3.05, 3.63) is 22.2 Å². The quantitative estimate of drug-likeness (QED) is 0.817. The largest absolute Gasteiger partial charge is 0.399 e. The summed E-state index contributed by atoms with van der Waals surface area (Å²) >= 11 is 14.2. The number of nitrogens with one attached hydrogen (secondary N) is 1. The van der Waals surface area contributed by atoms with Crippen LogP contribution in [-0.2, 0) is 0 Å². The van der Waals surface area contributed by atoms with Crippen LogP contribution in [0.5, 0.6) is 0 Å². The molecule has 0 radical (unpaired) electrons. The van der Waals surface area contributed by atoms with Crippen molar-refractivity contribution in [2.24, 2.45) is 0 Å². The Morgan fingerprint density at radius 2 is 1.94 bits per heavy atom. The van der Waals surface area contributed by atoms with Crippen LogP contribution in [0, 0.1) is 0 Å². The molecule has 17 heavy (non-hydrogen) atoms. The van der Waals surface area contributed by atoms with Crippen molar-refractivity contribution in [1.82, 2.24) is 0 Å². The Morgan fingerprint density at radius 3 is 2.53 bits per heavy atom. The summed E-state index contributed by atoms with van der Waals surface area (Å²) in [6.07, 6.45) is 5.83. The van der Waals surface area contributed by atoms with Gasteiger partial charge in [-0.1, -0.05) is 29.6 Å². The molecule has 1 fully saturated rings. The summed E-state index contributed by atoms with van der Waals surface area (Å²) < 4.78 is 0. The van der Waals surface area contributed by atoms with Gasteiger partial charge in [0, 0.05) is 17.0 Å². The average molecular weight is 291 g/mol. The summed E-state index contributed by atoms with van der Waals surface area (Å²) in [5.41, 5.74) is 7.10. The first kappa shape index (κ1) is 13.2. The molecular formula is C12H16Cl2N2S. The standard InChI is InChI=1S/C12H16Cl2N2S/c1-17-11-4-2-3-10(11)16-12-8(13)5-7(15)6-9(12)14/h5-6,10-11,16H,2-4,15H2,1H3. The van der Waals surface area contributed by atoms with Gasteiger partial charge in [-0.15, -0.1) is 0 Å². The monoisotopic (exact) mass is 290 g/mol. The predicted molar refractivity (Wildman–Crippen MR) is 79.4 cm³/mol. The lowest BCUT2D eigenvalue weighted by Gasteiger charge is -2.22. The number of halogens is 2. The maximum atomic E-state index is 6.17. The molecule has 0 saturated heterocycles. The minimum Gasteiger partial charge on any atom is -0.399 e. The van der Waals surface area contributed by atoms with Crippen LogP contribution in [-0.4, -0.2) is 17.5 Å². The molecule has 2 nitrogen and oxygen atoms in total. The molecule has 3 N–H and O–H groups in total. The summed E-state index contributed by atoms with van der Waals surface area (Å²) in [6, 6.07) is 3.92. The van der Waals surface area contributed by atoms with Gasteiger partial charge < -0.3 is 11.1 Å². The molecule has 94 valence electrons. The fourth-order valence-corrected chi connectivity index (χ4v) is 3.84. The predicted octanol–water partition coefficient (Wildman–Crippen LogP) is 4.27. The smallest absolute Gasteiger partial charge is 0.0723 e. The van der Waals surface area contributed by atoms with E-state index < -0.39 is 0 Å². The van der Waals surface area contributed by atoms with E-state index in [4.69, 9.17) is 28.9 Å². The van der Waals surface area contributed by atoms with Gasteiger partial charge in [0.05, 0.1) is 15.7 Å². The van der Waals surface area contributed by atoms with E-state index in [9.17, 15) is 0 Å². The topological polar surface area (TPSA) is 38.0 Å². The van der Waals surface area contributed by atoms with Crippen LogP contribution in [0.2, 0.25) is 10.0 Å². The first-order valence-electron chi connectivity index (χ1n) is 5.65. The summed E-state index contributed by atoms with van der Waals surface area (Å²) in [7, 11) is 0. The third kappa shape index (κ3) is 2.95. The highest BCUT2D eigenvalue weighted by molar-refractivity contribution is 7.99. The minimum absolute atomic E-state index is 0.448. The Kier molecular flexibility index (Phi) is 4.34. The second-order valence-corrected chi connectivity index (χ2v) is 6.21. The van der Waals surface area contributed by atoms with Crippen LogP contribution in [0.4, 0.5) is 11.4 Å². The lowest BCUT2D eigenvalue weighted by Crippen LogP contribution is -2.26. The number of anilines is 2. The van der Waals surface area contributed by atoms with E-state index in [0.29, 0.717) is 27.0 Å². The Hall–Kier alpha value is -0.250. The summed E-state index contributed by atoms with van der Waals surface area (Å²) in [5.74, 6) is 0. The van der Waals surface area contributed by atoms with Crippen molar-refractivity contribution in [3.63, 3.8) is 0 Å². The molecule has 2 rings (SSSR count). The molecule has 0 spiro atoms. The third-order valence-electron chi connectivity index (χ3n) is 3.15. The normalized spacial score (nSPS) is 23.9. The van der Waals surface area contributed by atoms with Crippen LogP contribution in [0.25, 0.3) is 0 Å². The molecule has 1 aliphatic rings. The molecule has 1 aromatic carbocycles. The molecule has 5 heteroatoms. The number of hydrogen-bond donors (Lipinski definition) is 2. The summed E-state index contributed by atoms with van der Waals surface area (Å²) in [5, 5.41) is 5.30. The van der Waals surface area contributed by atoms with E-state index in [-0.39, 0.29) is 0 Å². The molecule has 1 aromatic rings. The van der Waals surface area contributed by atoms with E-state index in [1.165, 1.54) is 19.3 Å². The van der Waals surface area contributed by atoms with Gasteiger partial charge in [-0.25, -0.2) is 0 Å². The average Bonchev–Trinajstić information content (AvgIpc) is 2.70. The van der Waals surface area contributed by atoms with Crippen LogP contribution in [0.15, 0.2) is 12.1 Å². The van der Waals surface area contributed by atoms with Gasteiger partial charge in [-0.2, -0.15) is 11.8 Å². The Labute approximate surface area is 116 Å². The number of nitrogens with two attached hydrogens (primary N) is 1. The van der Waals surface area contributed by atoms with E-state index in [2.05, 4.69) is 11.6 Å². The number of thioether (sulfide) groups is 1. The van der Waals surface area contributed by atoms with Crippen molar-refractivity contribution >= 4 is 46.3 Å². The molecule has 0 amide bonds. The summed E-state index contributed by atoms with van der Waals surface area (Å²) in [6.45, 7) is 0. The molecule has 0 aromatic heterocycles. The molecular weight excluding hydrogens is 275 g/mol. The van der Waals surface area contributed by atoms with Gasteiger partial charge >= 0.3 is 0 Å². The molecule has 2 atom stereocenters. The lowest BCUT2D eigenvalue weighted by molar-refractivity contribution is 0.769. The van der Waals surface area contributed by atoms with Crippen LogP contribution in [0.3, 0.4) is 0 Å². The maximum absolute atomic E-state index is 6.17. The fourth-order valence-electron chi connectivity index (χ4n) is 2.29. The molecule has 0 heterocycles. The Bertz CT molecular complexity index is 388. The van der Waals surface area contributed by atoms with Gasteiger partial charge in [0.15, 0.2) is 0 Å². The van der Waals surface area contributed by atoms with Gasteiger partial charge in [0.2, 0.25) is 0 Å². The molecule has 0 aliphatic heterocycles. The molecule has 1 saturated carbocycles. The lowest BCUT2D eigenvalue weighted by atomic mass is 10.2. The van der Waals surface area contributed by atoms with E-state index in [1.807, 2.05) is 11.8 Å². The molecule has 0 bridgehead atoms. The number of hydrogen-bond acceptors (Lipinski definition) is 3. The van der Waals surface area contributed by atoms with Crippen molar-refractivity contribution < 1.29 is 0 Å². The molecule has 1 aliphatic carbocycles. The van der Waals surface area contributed by atoms with E-state index >= 15 is 0 Å². The van der Waals surface area contributed by atoms with Gasteiger partial charge in [-0.05, 0) is 31.2 Å². The van der Waals surface area contributed by atoms with Crippen molar-refractivity contribution in [2.45, 2.75) is 30.6 Å². The van der Waals surface area contributed by atoms with E-state index in [0.717, 1.165) is 5.69 Å². The second-order valence-electron chi connectivity index (χ2n) is 4.32. The first-order chi connectivity index (χ1) is 8.11. The van der Waals surface area contributed by atoms with Crippen LogP contribution in [0.1, 0.15) is 19.3 Å². The van der Waals surface area contributed by atoms with Gasteiger partial charge in [-0.3, -0.25) is 0 Å². The van der Waals surface area contributed by atoms with Gasteiger partial charge in [0.1, 0.15) is 0 Å². The SMILES string of the molecule is CSC1CCCC1Nc1c(Cl)cc(N)cc1Cl. The fraction of sp³-hybridized carbons (Fsp3) is 0.500. The Balaban J connectivity index is 2.18. The zero-order chi connectivity index (χ0) is 12.4. The number of rotatable bonds is 3. The van der Waals surface area contributed by atoms with Gasteiger partial charge in [0.25, 0.3) is 0 Å². The van der Waals surface area contributed by atoms with Crippen molar-refractivity contribution in [1.29, 1.82) is 0 Å². The van der Waals surface area contributed by atoms with Crippen LogP contribution < -0.4 is 11.1 Å². The minimum atomic E-state index is 0.448. The van der Waals surface area contributed by atoms with E-state index in [1.54, 1.807) is 12.1 Å². The zero-order valence-electron chi connectivity index (χ0n) is 9.67. The van der Waals surface area contributed by atoms with Crippen molar-refractivity contribution in [3.8, 4) is 0 Å². The third-order valence-corrected chi connectivity index (χ3v) is 4.92. The number of nitrogen functional groups attached to an aromatic ring is 1. The van der Waals surface area contributed by atoms with Crippen molar-refractivity contribution in [2.75, 3.05) is 17.3 Å². The first-order valence-corrected chi connectivity index (χ1v) is 7.70. The highest BCUT2D eigenvalue weighted by Gasteiger charge is 2.27.